The zero-order chi connectivity index (χ0) is 22.1. The van der Waals surface area contributed by atoms with Gasteiger partial charge in [-0.3, -0.25) is 4.79 Å². The monoisotopic (exact) mass is 428 g/mol. The Kier molecular flexibility index (Phi) is 6.76. The smallest absolute Gasteiger partial charge is 0.237 e. The molecule has 1 amide bonds. The highest BCUT2D eigenvalue weighted by molar-refractivity contribution is 5.79. The van der Waals surface area contributed by atoms with Gasteiger partial charge in [-0.05, 0) is 68.6 Å². The molecule has 2 aliphatic carbocycles. The molecule has 1 heterocycles. The summed E-state index contributed by atoms with van der Waals surface area (Å²) in [5, 5.41) is 24.5. The zero-order valence-electron chi connectivity index (χ0n) is 19.3. The molecule has 0 spiro atoms. The van der Waals surface area contributed by atoms with Crippen LogP contribution in [0.15, 0.2) is 18.2 Å². The average Bonchev–Trinajstić information content (AvgIpc) is 3.18. The first-order valence-electron chi connectivity index (χ1n) is 12.4. The Labute approximate surface area is 187 Å². The summed E-state index contributed by atoms with van der Waals surface area (Å²) in [4.78, 5) is 15.4. The zero-order valence-corrected chi connectivity index (χ0v) is 19.3. The van der Waals surface area contributed by atoms with Crippen molar-refractivity contribution in [2.75, 3.05) is 19.6 Å². The molecule has 1 unspecified atom stereocenters. The molecule has 31 heavy (non-hydrogen) atoms. The number of hydrogen-bond donors (Lipinski definition) is 3. The number of fused-ring (bicyclic) bond motifs is 1. The molecule has 0 bridgehead atoms. The molecule has 5 heteroatoms. The van der Waals surface area contributed by atoms with Crippen LogP contribution in [0.5, 0.6) is 0 Å². The van der Waals surface area contributed by atoms with E-state index >= 15 is 0 Å². The van der Waals surface area contributed by atoms with E-state index in [0.717, 1.165) is 57.1 Å². The molecule has 1 aromatic carbocycles. The summed E-state index contributed by atoms with van der Waals surface area (Å²) in [7, 11) is 0. The first kappa shape index (κ1) is 22.8. The summed E-state index contributed by atoms with van der Waals surface area (Å²) in [5.74, 6) is 0.615. The van der Waals surface area contributed by atoms with Gasteiger partial charge in [0.1, 0.15) is 0 Å². The fraction of sp³-hybridized carbons (Fsp3) is 0.731. The normalized spacial score (nSPS) is 24.3. The Morgan fingerprint density at radius 3 is 2.55 bits per heavy atom. The van der Waals surface area contributed by atoms with Crippen molar-refractivity contribution in [1.82, 2.24) is 10.2 Å². The number of nitrogens with one attached hydrogen (secondary N) is 1. The van der Waals surface area contributed by atoms with Gasteiger partial charge in [0.2, 0.25) is 5.91 Å². The molecule has 0 saturated heterocycles. The third-order valence-electron chi connectivity index (χ3n) is 7.81. The minimum absolute atomic E-state index is 0.0928. The number of hydrogen-bond acceptors (Lipinski definition) is 4. The molecule has 3 N–H and O–H groups in total. The van der Waals surface area contributed by atoms with Gasteiger partial charge < -0.3 is 20.4 Å². The van der Waals surface area contributed by atoms with Crippen LogP contribution in [0.25, 0.3) is 0 Å². The Hall–Kier alpha value is -1.43. The standard InChI is InChI=1S/C26H40N2O3/c1-25(2,30)21-11-10-19-12-15-28(23(29)17-27-18-26(31)13-6-7-14-26)24(22(19)16-21)20-8-4-3-5-9-20/h10-11,16,20,24,27,30-31H,3-9,12-15,17-18H2,1-2H3. The fourth-order valence-electron chi connectivity index (χ4n) is 5.98. The Balaban J connectivity index is 1.54. The minimum Gasteiger partial charge on any atom is -0.389 e. The predicted octanol–water partition coefficient (Wildman–Crippen LogP) is 3.81. The lowest BCUT2D eigenvalue weighted by molar-refractivity contribution is -0.135. The Morgan fingerprint density at radius 1 is 1.16 bits per heavy atom. The van der Waals surface area contributed by atoms with Gasteiger partial charge in [-0.25, -0.2) is 0 Å². The lowest BCUT2D eigenvalue weighted by atomic mass is 9.76. The van der Waals surface area contributed by atoms with Gasteiger partial charge in [-0.2, -0.15) is 0 Å². The lowest BCUT2D eigenvalue weighted by Crippen LogP contribution is -2.48. The van der Waals surface area contributed by atoms with E-state index < -0.39 is 11.2 Å². The van der Waals surface area contributed by atoms with Crippen LogP contribution in [-0.4, -0.2) is 46.3 Å². The molecule has 4 rings (SSSR count). The molecule has 5 nitrogen and oxygen atoms in total. The topological polar surface area (TPSA) is 72.8 Å². The number of carbonyl (C=O) groups is 1. The van der Waals surface area contributed by atoms with E-state index in [1.54, 1.807) is 0 Å². The molecule has 1 aliphatic heterocycles. The van der Waals surface area contributed by atoms with E-state index in [2.05, 4.69) is 22.3 Å². The lowest BCUT2D eigenvalue weighted by Gasteiger charge is -2.43. The van der Waals surface area contributed by atoms with Gasteiger partial charge in [-0.1, -0.05) is 50.3 Å². The van der Waals surface area contributed by atoms with E-state index in [9.17, 15) is 15.0 Å². The maximum atomic E-state index is 13.4. The quantitative estimate of drug-likeness (QED) is 0.644. The fourth-order valence-corrected chi connectivity index (χ4v) is 5.98. The van der Waals surface area contributed by atoms with Crippen LogP contribution >= 0.6 is 0 Å². The maximum Gasteiger partial charge on any atom is 0.237 e. The number of amides is 1. The number of rotatable bonds is 6. The molecule has 0 radical (unpaired) electrons. The van der Waals surface area contributed by atoms with E-state index in [1.807, 2.05) is 19.9 Å². The molecule has 1 aromatic rings. The van der Waals surface area contributed by atoms with Crippen LogP contribution in [0.3, 0.4) is 0 Å². The highest BCUT2D eigenvalue weighted by Crippen LogP contribution is 2.43. The maximum absolute atomic E-state index is 13.4. The minimum atomic E-state index is -0.892. The number of carbonyl (C=O) groups excluding carboxylic acids is 1. The second-order valence-corrected chi connectivity index (χ2v) is 10.7. The van der Waals surface area contributed by atoms with Crippen LogP contribution in [-0.2, 0) is 16.8 Å². The number of benzene rings is 1. The second kappa shape index (κ2) is 9.21. The largest absolute Gasteiger partial charge is 0.389 e. The van der Waals surface area contributed by atoms with Crippen molar-refractivity contribution in [1.29, 1.82) is 0 Å². The molecule has 3 aliphatic rings. The van der Waals surface area contributed by atoms with Crippen LogP contribution in [0.4, 0.5) is 0 Å². The molecule has 172 valence electrons. The first-order valence-corrected chi connectivity index (χ1v) is 12.4. The number of nitrogens with zero attached hydrogens (tertiary/aromatic N) is 1. The summed E-state index contributed by atoms with van der Waals surface area (Å²) in [6, 6.07) is 6.45. The summed E-state index contributed by atoms with van der Waals surface area (Å²) in [6.07, 6.45) is 10.7. The van der Waals surface area contributed by atoms with Crippen molar-refractivity contribution >= 4 is 5.91 Å². The van der Waals surface area contributed by atoms with Gasteiger partial charge in [0.05, 0.1) is 23.8 Å². The summed E-state index contributed by atoms with van der Waals surface area (Å²) < 4.78 is 0. The van der Waals surface area contributed by atoms with Crippen LogP contribution < -0.4 is 5.32 Å². The van der Waals surface area contributed by atoms with Crippen LogP contribution in [0, 0.1) is 5.92 Å². The summed E-state index contributed by atoms with van der Waals surface area (Å²) in [6.45, 7) is 5.19. The second-order valence-electron chi connectivity index (χ2n) is 10.7. The first-order chi connectivity index (χ1) is 14.8. The Morgan fingerprint density at radius 2 is 1.87 bits per heavy atom. The summed E-state index contributed by atoms with van der Waals surface area (Å²) in [5.41, 5.74) is 1.94. The number of aliphatic hydroxyl groups is 2. The van der Waals surface area contributed by atoms with Crippen LogP contribution in [0.2, 0.25) is 0 Å². The van der Waals surface area contributed by atoms with E-state index in [4.69, 9.17) is 0 Å². The van der Waals surface area contributed by atoms with Crippen molar-refractivity contribution in [3.63, 3.8) is 0 Å². The van der Waals surface area contributed by atoms with Gasteiger partial charge in [0, 0.05) is 13.1 Å². The van der Waals surface area contributed by atoms with Crippen molar-refractivity contribution in [2.45, 2.75) is 95.3 Å². The molecular weight excluding hydrogens is 388 g/mol. The predicted molar refractivity (Wildman–Crippen MR) is 123 cm³/mol. The van der Waals surface area contributed by atoms with Crippen molar-refractivity contribution < 1.29 is 15.0 Å². The van der Waals surface area contributed by atoms with E-state index in [0.29, 0.717) is 12.5 Å². The SMILES string of the molecule is CC(C)(O)c1ccc2c(c1)C(C1CCCCC1)N(C(=O)CNCC1(O)CCCC1)CC2. The molecule has 0 aromatic heterocycles. The highest BCUT2D eigenvalue weighted by Gasteiger charge is 2.38. The van der Waals surface area contributed by atoms with Gasteiger partial charge in [0.15, 0.2) is 0 Å². The third kappa shape index (κ3) is 5.15. The van der Waals surface area contributed by atoms with Crippen LogP contribution in [0.1, 0.15) is 94.4 Å². The van der Waals surface area contributed by atoms with Crippen molar-refractivity contribution in [3.8, 4) is 0 Å². The van der Waals surface area contributed by atoms with E-state index in [1.165, 1.54) is 30.4 Å². The van der Waals surface area contributed by atoms with Gasteiger partial charge >= 0.3 is 0 Å². The molecule has 2 fully saturated rings. The molecule has 1 atom stereocenters. The highest BCUT2D eigenvalue weighted by atomic mass is 16.3. The summed E-state index contributed by atoms with van der Waals surface area (Å²) >= 11 is 0. The molecule has 2 saturated carbocycles. The van der Waals surface area contributed by atoms with Gasteiger partial charge in [0.25, 0.3) is 0 Å². The van der Waals surface area contributed by atoms with Crippen molar-refractivity contribution in [3.05, 3.63) is 34.9 Å². The molecular formula is C26H40N2O3. The average molecular weight is 429 g/mol. The van der Waals surface area contributed by atoms with Crippen molar-refractivity contribution in [2.24, 2.45) is 5.92 Å². The van der Waals surface area contributed by atoms with Gasteiger partial charge in [-0.15, -0.1) is 0 Å². The Bertz CT molecular complexity index is 773. The van der Waals surface area contributed by atoms with E-state index in [-0.39, 0.29) is 18.5 Å². The third-order valence-corrected chi connectivity index (χ3v) is 7.81.